The van der Waals surface area contributed by atoms with Crippen molar-refractivity contribution in [3.8, 4) is 5.13 Å². The SMILES string of the molecule is Cc1ncn(-c2nnc(C)s2)n1. The van der Waals surface area contributed by atoms with Crippen LogP contribution in [0, 0.1) is 13.8 Å². The monoisotopic (exact) mass is 181 g/mol. The van der Waals surface area contributed by atoms with Crippen molar-refractivity contribution in [2.75, 3.05) is 0 Å². The summed E-state index contributed by atoms with van der Waals surface area (Å²) in [5.74, 6) is 0.739. The average molecular weight is 181 g/mol. The van der Waals surface area contributed by atoms with Gasteiger partial charge in [-0.3, -0.25) is 0 Å². The Labute approximate surface area is 73.1 Å². The normalized spacial score (nSPS) is 10.5. The number of nitrogens with zero attached hydrogens (tertiary/aromatic N) is 5. The van der Waals surface area contributed by atoms with E-state index in [4.69, 9.17) is 0 Å². The number of rotatable bonds is 1. The lowest BCUT2D eigenvalue weighted by atomic mass is 10.8. The zero-order valence-electron chi connectivity index (χ0n) is 6.72. The average Bonchev–Trinajstić information content (AvgIpc) is 2.58. The van der Waals surface area contributed by atoms with Gasteiger partial charge in [0, 0.05) is 0 Å². The van der Waals surface area contributed by atoms with Crippen molar-refractivity contribution in [2.24, 2.45) is 0 Å². The molecule has 2 rings (SSSR count). The van der Waals surface area contributed by atoms with Crippen molar-refractivity contribution in [2.45, 2.75) is 13.8 Å². The molecule has 0 fully saturated rings. The van der Waals surface area contributed by atoms with E-state index in [9.17, 15) is 0 Å². The van der Waals surface area contributed by atoms with Crippen LogP contribution in [-0.4, -0.2) is 25.0 Å². The quantitative estimate of drug-likeness (QED) is 0.651. The molecule has 0 bridgehead atoms. The van der Waals surface area contributed by atoms with Crippen LogP contribution in [0.4, 0.5) is 0 Å². The summed E-state index contributed by atoms with van der Waals surface area (Å²) in [6, 6.07) is 0. The van der Waals surface area contributed by atoms with Crippen LogP contribution < -0.4 is 0 Å². The topological polar surface area (TPSA) is 56.5 Å². The Balaban J connectivity index is 2.43. The maximum absolute atomic E-state index is 4.11. The van der Waals surface area contributed by atoms with E-state index in [2.05, 4.69) is 20.3 Å². The fourth-order valence-electron chi connectivity index (χ4n) is 0.817. The van der Waals surface area contributed by atoms with E-state index in [0.29, 0.717) is 0 Å². The minimum Gasteiger partial charge on any atom is -0.220 e. The summed E-state index contributed by atoms with van der Waals surface area (Å²) in [5.41, 5.74) is 0. The van der Waals surface area contributed by atoms with Crippen LogP contribution in [0.1, 0.15) is 10.8 Å². The van der Waals surface area contributed by atoms with E-state index in [0.717, 1.165) is 16.0 Å². The minimum absolute atomic E-state index is 0.739. The van der Waals surface area contributed by atoms with Crippen molar-refractivity contribution in [3.05, 3.63) is 17.2 Å². The van der Waals surface area contributed by atoms with E-state index in [-0.39, 0.29) is 0 Å². The molecule has 5 nitrogen and oxygen atoms in total. The van der Waals surface area contributed by atoms with Crippen LogP contribution in [0.3, 0.4) is 0 Å². The number of hydrogen-bond donors (Lipinski definition) is 0. The van der Waals surface area contributed by atoms with Crippen LogP contribution >= 0.6 is 11.3 Å². The minimum atomic E-state index is 0.739. The van der Waals surface area contributed by atoms with Gasteiger partial charge in [-0.1, -0.05) is 11.3 Å². The van der Waals surface area contributed by atoms with Gasteiger partial charge in [-0.05, 0) is 13.8 Å². The molecule has 2 aromatic rings. The Morgan fingerprint density at radius 3 is 2.67 bits per heavy atom. The Hall–Kier alpha value is -1.30. The molecule has 0 aromatic carbocycles. The molecule has 0 saturated heterocycles. The highest BCUT2D eigenvalue weighted by Gasteiger charge is 2.03. The van der Waals surface area contributed by atoms with Gasteiger partial charge in [0.2, 0.25) is 5.13 Å². The van der Waals surface area contributed by atoms with E-state index in [1.165, 1.54) is 11.3 Å². The third kappa shape index (κ3) is 1.20. The van der Waals surface area contributed by atoms with E-state index < -0.39 is 0 Å². The summed E-state index contributed by atoms with van der Waals surface area (Å²) in [5, 5.41) is 13.6. The van der Waals surface area contributed by atoms with Crippen LogP contribution in [0.25, 0.3) is 5.13 Å². The molecule has 0 aliphatic carbocycles. The fraction of sp³-hybridized carbons (Fsp3) is 0.333. The fourth-order valence-corrected chi connectivity index (χ4v) is 1.43. The number of aryl methyl sites for hydroxylation is 2. The first-order valence-electron chi connectivity index (χ1n) is 3.44. The summed E-state index contributed by atoms with van der Waals surface area (Å²) >= 11 is 1.49. The molecule has 2 heterocycles. The molecule has 0 spiro atoms. The molecule has 0 aliphatic rings. The zero-order chi connectivity index (χ0) is 8.55. The highest BCUT2D eigenvalue weighted by Crippen LogP contribution is 2.11. The van der Waals surface area contributed by atoms with Crippen molar-refractivity contribution in [1.82, 2.24) is 25.0 Å². The van der Waals surface area contributed by atoms with Gasteiger partial charge in [0.05, 0.1) is 0 Å². The number of aromatic nitrogens is 5. The standard InChI is InChI=1S/C6H7N5S/c1-4-7-3-11(10-4)6-9-8-5(2)12-6/h3H,1-2H3. The molecule has 2 aromatic heterocycles. The second-order valence-corrected chi connectivity index (χ2v) is 3.50. The van der Waals surface area contributed by atoms with Crippen LogP contribution in [-0.2, 0) is 0 Å². The summed E-state index contributed by atoms with van der Waals surface area (Å²) < 4.78 is 1.62. The van der Waals surface area contributed by atoms with Gasteiger partial charge in [-0.15, -0.1) is 15.3 Å². The summed E-state index contributed by atoms with van der Waals surface area (Å²) in [6.07, 6.45) is 1.63. The largest absolute Gasteiger partial charge is 0.234 e. The molecule has 0 unspecified atom stereocenters. The lowest BCUT2D eigenvalue weighted by Gasteiger charge is -1.87. The predicted molar refractivity (Wildman–Crippen MR) is 44.3 cm³/mol. The number of hydrogen-bond acceptors (Lipinski definition) is 5. The highest BCUT2D eigenvalue weighted by molar-refractivity contribution is 7.13. The van der Waals surface area contributed by atoms with Gasteiger partial charge >= 0.3 is 0 Å². The van der Waals surface area contributed by atoms with E-state index in [1.54, 1.807) is 11.0 Å². The lowest BCUT2D eigenvalue weighted by molar-refractivity contribution is 0.831. The molecular formula is C6H7N5S. The first-order chi connectivity index (χ1) is 5.75. The smallest absolute Gasteiger partial charge is 0.220 e. The molecule has 6 heteroatoms. The van der Waals surface area contributed by atoms with E-state index in [1.807, 2.05) is 13.8 Å². The van der Waals surface area contributed by atoms with Crippen LogP contribution in [0.15, 0.2) is 6.33 Å². The maximum Gasteiger partial charge on any atom is 0.234 e. The Bertz CT molecular complexity index is 352. The van der Waals surface area contributed by atoms with Gasteiger partial charge < -0.3 is 0 Å². The van der Waals surface area contributed by atoms with E-state index >= 15 is 0 Å². The van der Waals surface area contributed by atoms with Crippen LogP contribution in [0.5, 0.6) is 0 Å². The van der Waals surface area contributed by atoms with Crippen molar-refractivity contribution in [3.63, 3.8) is 0 Å². The molecule has 0 saturated carbocycles. The van der Waals surface area contributed by atoms with Crippen molar-refractivity contribution >= 4 is 11.3 Å². The molecular weight excluding hydrogens is 174 g/mol. The molecule has 0 amide bonds. The summed E-state index contributed by atoms with van der Waals surface area (Å²) in [6.45, 7) is 3.75. The third-order valence-corrected chi connectivity index (χ3v) is 2.15. The van der Waals surface area contributed by atoms with Gasteiger partial charge in [-0.25, -0.2) is 4.98 Å². The van der Waals surface area contributed by atoms with Crippen LogP contribution in [0.2, 0.25) is 0 Å². The molecule has 62 valence electrons. The maximum atomic E-state index is 4.11. The second kappa shape index (κ2) is 2.63. The first-order valence-corrected chi connectivity index (χ1v) is 4.26. The van der Waals surface area contributed by atoms with Gasteiger partial charge in [0.15, 0.2) is 0 Å². The third-order valence-electron chi connectivity index (χ3n) is 1.32. The molecule has 0 radical (unpaired) electrons. The molecule has 0 aliphatic heterocycles. The zero-order valence-corrected chi connectivity index (χ0v) is 7.54. The second-order valence-electron chi connectivity index (χ2n) is 2.34. The molecule has 0 N–H and O–H groups in total. The predicted octanol–water partition coefficient (Wildman–Crippen LogP) is 0.736. The summed E-state index contributed by atoms with van der Waals surface area (Å²) in [7, 11) is 0. The Kier molecular flexibility index (Phi) is 1.61. The van der Waals surface area contributed by atoms with Crippen molar-refractivity contribution < 1.29 is 0 Å². The van der Waals surface area contributed by atoms with Gasteiger partial charge in [0.1, 0.15) is 17.2 Å². The lowest BCUT2D eigenvalue weighted by Crippen LogP contribution is -1.93. The molecule has 12 heavy (non-hydrogen) atoms. The highest BCUT2D eigenvalue weighted by atomic mass is 32.1. The first kappa shape index (κ1) is 7.35. The van der Waals surface area contributed by atoms with Gasteiger partial charge in [-0.2, -0.15) is 4.68 Å². The van der Waals surface area contributed by atoms with Crippen molar-refractivity contribution in [1.29, 1.82) is 0 Å². The Morgan fingerprint density at radius 1 is 1.33 bits per heavy atom. The van der Waals surface area contributed by atoms with Gasteiger partial charge in [0.25, 0.3) is 0 Å². The summed E-state index contributed by atoms with van der Waals surface area (Å²) in [4.78, 5) is 3.99. The molecule has 0 atom stereocenters. The Morgan fingerprint density at radius 2 is 2.17 bits per heavy atom.